The van der Waals surface area contributed by atoms with Crippen molar-refractivity contribution in [2.75, 3.05) is 6.54 Å². The van der Waals surface area contributed by atoms with Gasteiger partial charge in [0.2, 0.25) is 0 Å². The Morgan fingerprint density at radius 3 is 2.30 bits per heavy atom. The van der Waals surface area contributed by atoms with Crippen LogP contribution in [-0.2, 0) is 0 Å². The third kappa shape index (κ3) is 1.24. The van der Waals surface area contributed by atoms with Crippen LogP contribution in [0.25, 0.3) is 0 Å². The van der Waals surface area contributed by atoms with Gasteiger partial charge in [-0.2, -0.15) is 0 Å². The van der Waals surface area contributed by atoms with Crippen molar-refractivity contribution in [3.63, 3.8) is 0 Å². The summed E-state index contributed by atoms with van der Waals surface area (Å²) in [6, 6.07) is 0. The molecule has 2 fully saturated rings. The molecule has 0 saturated heterocycles. The van der Waals surface area contributed by atoms with E-state index in [1.54, 1.807) is 0 Å². The molecule has 2 N–H and O–H groups in total. The monoisotopic (exact) mass is 204 g/mol. The topological polar surface area (TPSA) is 26.0 Å². The van der Waals surface area contributed by atoms with E-state index in [4.69, 9.17) is 5.73 Å². The van der Waals surface area contributed by atoms with Gasteiger partial charge in [-0.05, 0) is 43.6 Å². The first-order chi connectivity index (χ1) is 4.40. The molecule has 60 valence electrons. The van der Waals surface area contributed by atoms with E-state index in [-0.39, 0.29) is 17.0 Å². The van der Waals surface area contributed by atoms with Crippen LogP contribution < -0.4 is 22.7 Å². The second-order valence-electron chi connectivity index (χ2n) is 3.67. The van der Waals surface area contributed by atoms with Crippen molar-refractivity contribution in [3.05, 3.63) is 0 Å². The highest BCUT2D eigenvalue weighted by Gasteiger charge is 2.38. The summed E-state index contributed by atoms with van der Waals surface area (Å²) < 4.78 is 0. The highest BCUT2D eigenvalue weighted by molar-refractivity contribution is 4.89. The van der Waals surface area contributed by atoms with Crippen LogP contribution in [0.4, 0.5) is 0 Å². The Kier molecular flexibility index (Phi) is 2.75. The van der Waals surface area contributed by atoms with Gasteiger partial charge in [0.05, 0.1) is 0 Å². The summed E-state index contributed by atoms with van der Waals surface area (Å²) in [5, 5.41) is 0. The van der Waals surface area contributed by atoms with Crippen molar-refractivity contribution < 1.29 is 17.0 Å². The first kappa shape index (κ1) is 8.54. The number of hydrogen-bond donors (Lipinski definition) is 1. The molecule has 0 radical (unpaired) electrons. The van der Waals surface area contributed by atoms with Crippen LogP contribution in [0.3, 0.4) is 0 Å². The molecule has 0 heterocycles. The summed E-state index contributed by atoms with van der Waals surface area (Å²) in [5.74, 6) is 3.01. The zero-order valence-corrected chi connectivity index (χ0v) is 7.81. The molecule has 3 atom stereocenters. The lowest BCUT2D eigenvalue weighted by Gasteiger charge is -2.18. The fourth-order valence-electron chi connectivity index (χ4n) is 2.67. The van der Waals surface area contributed by atoms with E-state index >= 15 is 0 Å². The lowest BCUT2D eigenvalue weighted by Crippen LogP contribution is -3.00. The fourth-order valence-corrected chi connectivity index (χ4v) is 2.67. The molecule has 3 unspecified atom stereocenters. The van der Waals surface area contributed by atoms with Gasteiger partial charge in [-0.25, -0.2) is 0 Å². The molecule has 2 aliphatic rings. The van der Waals surface area contributed by atoms with E-state index in [1.165, 1.54) is 25.7 Å². The van der Waals surface area contributed by atoms with Gasteiger partial charge in [-0.1, -0.05) is 6.42 Å². The van der Waals surface area contributed by atoms with Crippen molar-refractivity contribution >= 4 is 0 Å². The minimum absolute atomic E-state index is 0. The molecule has 0 aromatic heterocycles. The highest BCUT2D eigenvalue weighted by atomic mass is 79.9. The van der Waals surface area contributed by atoms with Crippen LogP contribution in [0.15, 0.2) is 0 Å². The van der Waals surface area contributed by atoms with Gasteiger partial charge in [0.15, 0.2) is 0 Å². The lowest BCUT2D eigenvalue weighted by molar-refractivity contribution is -0.00000203. The van der Waals surface area contributed by atoms with E-state index < -0.39 is 0 Å². The molecule has 0 amide bonds. The zero-order valence-electron chi connectivity index (χ0n) is 6.22. The Labute approximate surface area is 73.1 Å². The van der Waals surface area contributed by atoms with Crippen molar-refractivity contribution in [3.8, 4) is 0 Å². The van der Waals surface area contributed by atoms with Gasteiger partial charge in [0.1, 0.15) is 0 Å². The van der Waals surface area contributed by atoms with Crippen molar-refractivity contribution in [1.82, 2.24) is 0 Å². The summed E-state index contributed by atoms with van der Waals surface area (Å²) in [7, 11) is 0. The van der Waals surface area contributed by atoms with Crippen molar-refractivity contribution in [1.29, 1.82) is 0 Å². The van der Waals surface area contributed by atoms with E-state index in [1.807, 2.05) is 0 Å². The maximum Gasteiger partial charge on any atom is -0.00461 e. The normalized spacial score (nSPS) is 43.5. The maximum atomic E-state index is 5.62. The van der Waals surface area contributed by atoms with Gasteiger partial charge in [-0.15, -0.1) is 0 Å². The number of rotatable bonds is 1. The Morgan fingerprint density at radius 2 is 2.00 bits per heavy atom. The molecule has 2 rings (SSSR count). The van der Waals surface area contributed by atoms with Gasteiger partial charge in [0, 0.05) is 0 Å². The number of nitrogens with two attached hydrogens (primary N) is 1. The molecule has 0 aliphatic heterocycles. The molecular weight excluding hydrogens is 190 g/mol. The van der Waals surface area contributed by atoms with Crippen molar-refractivity contribution in [2.45, 2.75) is 25.7 Å². The predicted molar refractivity (Wildman–Crippen MR) is 38.0 cm³/mol. The number of hydrogen-bond acceptors (Lipinski definition) is 1. The van der Waals surface area contributed by atoms with E-state index in [0.717, 1.165) is 24.3 Å². The summed E-state index contributed by atoms with van der Waals surface area (Å²) in [5.41, 5.74) is 5.62. The van der Waals surface area contributed by atoms with Gasteiger partial charge >= 0.3 is 0 Å². The molecule has 0 spiro atoms. The number of halogens is 1. The second-order valence-corrected chi connectivity index (χ2v) is 3.67. The first-order valence-corrected chi connectivity index (χ1v) is 4.10. The van der Waals surface area contributed by atoms with Crippen molar-refractivity contribution in [2.24, 2.45) is 23.5 Å². The molecule has 2 saturated carbocycles. The Balaban J connectivity index is 0.000000500. The lowest BCUT2D eigenvalue weighted by atomic mass is 9.89. The third-order valence-electron chi connectivity index (χ3n) is 3.19. The fraction of sp³-hybridized carbons (Fsp3) is 1.00. The quantitative estimate of drug-likeness (QED) is 0.547. The van der Waals surface area contributed by atoms with Gasteiger partial charge in [-0.3, -0.25) is 0 Å². The van der Waals surface area contributed by atoms with Crippen LogP contribution in [0.2, 0.25) is 0 Å². The van der Waals surface area contributed by atoms with Crippen LogP contribution in [0.5, 0.6) is 0 Å². The van der Waals surface area contributed by atoms with Crippen LogP contribution in [0, 0.1) is 17.8 Å². The Morgan fingerprint density at radius 1 is 1.20 bits per heavy atom. The Hall–Kier alpha value is 0.440. The molecule has 2 bridgehead atoms. The molecule has 0 aromatic carbocycles. The maximum absolute atomic E-state index is 5.62. The smallest absolute Gasteiger partial charge is 0.00461 e. The van der Waals surface area contributed by atoms with Gasteiger partial charge in [0.25, 0.3) is 0 Å². The van der Waals surface area contributed by atoms with Crippen LogP contribution >= 0.6 is 0 Å². The average Bonchev–Trinajstić information content (AvgIpc) is 2.45. The minimum Gasteiger partial charge on any atom is -1.00 e. The van der Waals surface area contributed by atoms with Crippen LogP contribution in [0.1, 0.15) is 25.7 Å². The van der Waals surface area contributed by atoms with Gasteiger partial charge < -0.3 is 22.7 Å². The third-order valence-corrected chi connectivity index (χ3v) is 3.19. The Bertz CT molecular complexity index is 116. The summed E-state index contributed by atoms with van der Waals surface area (Å²) in [4.78, 5) is 0. The van der Waals surface area contributed by atoms with E-state index in [0.29, 0.717) is 0 Å². The number of fused-ring (bicyclic) bond motifs is 2. The molecule has 0 aromatic rings. The molecule has 2 aliphatic carbocycles. The van der Waals surface area contributed by atoms with Crippen LogP contribution in [-0.4, -0.2) is 6.54 Å². The molecule has 10 heavy (non-hydrogen) atoms. The standard InChI is InChI=1S/C8H15N.BrH/c9-5-8-4-6-1-2-7(8)3-6;/h6-8H,1-5,9H2;1H/p-1. The SMILES string of the molecule is NCC1CC2CCC1C2.[Br-]. The minimum atomic E-state index is 0. The summed E-state index contributed by atoms with van der Waals surface area (Å²) >= 11 is 0. The summed E-state index contributed by atoms with van der Waals surface area (Å²) in [6.07, 6.45) is 5.93. The predicted octanol–water partition coefficient (Wildman–Crippen LogP) is -1.61. The highest BCUT2D eigenvalue weighted by Crippen LogP contribution is 2.47. The first-order valence-electron chi connectivity index (χ1n) is 4.10. The largest absolute Gasteiger partial charge is 1.00 e. The average molecular weight is 205 g/mol. The van der Waals surface area contributed by atoms with E-state index in [2.05, 4.69) is 0 Å². The summed E-state index contributed by atoms with van der Waals surface area (Å²) in [6.45, 7) is 0.946. The molecule has 2 heteroatoms. The zero-order chi connectivity index (χ0) is 6.27. The molecular formula is C8H15BrN-. The van der Waals surface area contributed by atoms with E-state index in [9.17, 15) is 0 Å². The second kappa shape index (κ2) is 3.22. The molecule has 1 nitrogen and oxygen atoms in total.